The maximum absolute atomic E-state index is 3.33. The summed E-state index contributed by atoms with van der Waals surface area (Å²) in [6.07, 6.45) is 2.73. The first-order chi connectivity index (χ1) is 8.81. The summed E-state index contributed by atoms with van der Waals surface area (Å²) in [5, 5.41) is 3.33. The van der Waals surface area contributed by atoms with Gasteiger partial charge in [-0.2, -0.15) is 0 Å². The fourth-order valence-electron chi connectivity index (χ4n) is 3.33. The SMILES string of the molecule is CNCC1CCC1N1CCN(C)c2ccccc21. The Labute approximate surface area is 110 Å². The van der Waals surface area contributed by atoms with E-state index in [4.69, 9.17) is 0 Å². The van der Waals surface area contributed by atoms with Gasteiger partial charge in [-0.1, -0.05) is 12.1 Å². The fourth-order valence-corrected chi connectivity index (χ4v) is 3.33. The van der Waals surface area contributed by atoms with E-state index in [1.54, 1.807) is 0 Å². The van der Waals surface area contributed by atoms with E-state index < -0.39 is 0 Å². The second-order valence-corrected chi connectivity index (χ2v) is 5.57. The second-order valence-electron chi connectivity index (χ2n) is 5.57. The fraction of sp³-hybridized carbons (Fsp3) is 0.600. The molecule has 0 bridgehead atoms. The van der Waals surface area contributed by atoms with Crippen molar-refractivity contribution >= 4 is 11.4 Å². The van der Waals surface area contributed by atoms with E-state index in [1.165, 1.54) is 30.8 Å². The van der Waals surface area contributed by atoms with Gasteiger partial charge in [0.1, 0.15) is 0 Å². The zero-order valence-electron chi connectivity index (χ0n) is 11.4. The molecule has 0 radical (unpaired) electrons. The molecule has 3 heteroatoms. The van der Waals surface area contributed by atoms with E-state index in [2.05, 4.69) is 53.5 Å². The van der Waals surface area contributed by atoms with Crippen LogP contribution in [-0.2, 0) is 0 Å². The largest absolute Gasteiger partial charge is 0.371 e. The Morgan fingerprint density at radius 3 is 2.61 bits per heavy atom. The highest BCUT2D eigenvalue weighted by atomic mass is 15.3. The quantitative estimate of drug-likeness (QED) is 0.878. The number of hydrogen-bond donors (Lipinski definition) is 1. The van der Waals surface area contributed by atoms with Crippen molar-refractivity contribution in [2.24, 2.45) is 5.92 Å². The minimum Gasteiger partial charge on any atom is -0.371 e. The molecule has 0 saturated heterocycles. The molecule has 98 valence electrons. The van der Waals surface area contributed by atoms with Gasteiger partial charge in [0.05, 0.1) is 11.4 Å². The summed E-state index contributed by atoms with van der Waals surface area (Å²) < 4.78 is 0. The lowest BCUT2D eigenvalue weighted by Gasteiger charge is -2.49. The molecular formula is C15H23N3. The first-order valence-electron chi connectivity index (χ1n) is 7.02. The first kappa shape index (κ1) is 11.8. The molecule has 1 aromatic carbocycles. The van der Waals surface area contributed by atoms with Gasteiger partial charge in [0.15, 0.2) is 0 Å². The number of rotatable bonds is 3. The molecule has 1 heterocycles. The summed E-state index contributed by atoms with van der Waals surface area (Å²) in [7, 11) is 4.26. The van der Waals surface area contributed by atoms with Crippen molar-refractivity contribution < 1.29 is 0 Å². The molecule has 2 unspecified atom stereocenters. The van der Waals surface area contributed by atoms with Crippen molar-refractivity contribution in [2.45, 2.75) is 18.9 Å². The molecule has 18 heavy (non-hydrogen) atoms. The Balaban J connectivity index is 1.84. The lowest BCUT2D eigenvalue weighted by atomic mass is 9.78. The highest BCUT2D eigenvalue weighted by Crippen LogP contribution is 2.40. The molecule has 3 rings (SSSR count). The van der Waals surface area contributed by atoms with Crippen LogP contribution in [0.4, 0.5) is 11.4 Å². The summed E-state index contributed by atoms with van der Waals surface area (Å²) in [5.41, 5.74) is 2.82. The van der Waals surface area contributed by atoms with Crippen molar-refractivity contribution in [3.05, 3.63) is 24.3 Å². The average Bonchev–Trinajstić information content (AvgIpc) is 2.38. The van der Waals surface area contributed by atoms with E-state index >= 15 is 0 Å². The van der Waals surface area contributed by atoms with Crippen LogP contribution in [0, 0.1) is 5.92 Å². The molecule has 0 spiro atoms. The van der Waals surface area contributed by atoms with Gasteiger partial charge in [-0.15, -0.1) is 0 Å². The van der Waals surface area contributed by atoms with Gasteiger partial charge in [0, 0.05) is 26.2 Å². The molecule has 0 aromatic heterocycles. The standard InChI is InChI=1S/C15H23N3/c1-16-11-12-7-8-13(12)18-10-9-17(2)14-5-3-4-6-15(14)18/h3-6,12-13,16H,7-11H2,1-2H3. The third-order valence-electron chi connectivity index (χ3n) is 4.52. The van der Waals surface area contributed by atoms with Gasteiger partial charge in [-0.05, 0) is 44.5 Å². The zero-order valence-corrected chi connectivity index (χ0v) is 11.4. The van der Waals surface area contributed by atoms with Crippen LogP contribution in [0.1, 0.15) is 12.8 Å². The van der Waals surface area contributed by atoms with E-state index in [0.717, 1.165) is 25.0 Å². The number of likely N-dealkylation sites (N-methyl/N-ethyl adjacent to an activating group) is 1. The van der Waals surface area contributed by atoms with Crippen molar-refractivity contribution in [3.63, 3.8) is 0 Å². The van der Waals surface area contributed by atoms with Crippen LogP contribution in [0.15, 0.2) is 24.3 Å². The van der Waals surface area contributed by atoms with E-state index in [0.29, 0.717) is 0 Å². The maximum atomic E-state index is 3.33. The molecular weight excluding hydrogens is 222 g/mol. The van der Waals surface area contributed by atoms with Crippen LogP contribution >= 0.6 is 0 Å². The number of nitrogens with zero attached hydrogens (tertiary/aromatic N) is 2. The van der Waals surface area contributed by atoms with Crippen molar-refractivity contribution in [1.29, 1.82) is 0 Å². The maximum Gasteiger partial charge on any atom is 0.0607 e. The summed E-state index contributed by atoms with van der Waals surface area (Å²) >= 11 is 0. The van der Waals surface area contributed by atoms with Crippen LogP contribution in [0.2, 0.25) is 0 Å². The normalized spacial score (nSPS) is 26.8. The molecule has 1 aliphatic carbocycles. The monoisotopic (exact) mass is 245 g/mol. The van der Waals surface area contributed by atoms with Crippen LogP contribution in [0.25, 0.3) is 0 Å². The summed E-state index contributed by atoms with van der Waals surface area (Å²) in [5.74, 6) is 0.825. The third kappa shape index (κ3) is 1.87. The topological polar surface area (TPSA) is 18.5 Å². The average molecular weight is 245 g/mol. The summed E-state index contributed by atoms with van der Waals surface area (Å²) in [4.78, 5) is 5.01. The Kier molecular flexibility index (Phi) is 3.16. The van der Waals surface area contributed by atoms with E-state index in [1.807, 2.05) is 0 Å². The van der Waals surface area contributed by atoms with Gasteiger partial charge < -0.3 is 15.1 Å². The molecule has 1 aliphatic heterocycles. The zero-order chi connectivity index (χ0) is 12.5. The number of hydrogen-bond acceptors (Lipinski definition) is 3. The predicted molar refractivity (Wildman–Crippen MR) is 77.5 cm³/mol. The van der Waals surface area contributed by atoms with E-state index in [-0.39, 0.29) is 0 Å². The smallest absolute Gasteiger partial charge is 0.0607 e. The Morgan fingerprint density at radius 2 is 1.94 bits per heavy atom. The van der Waals surface area contributed by atoms with Crippen molar-refractivity contribution in [1.82, 2.24) is 5.32 Å². The molecule has 1 fully saturated rings. The molecule has 1 aromatic rings. The minimum atomic E-state index is 0.743. The Bertz CT molecular complexity index is 418. The summed E-state index contributed by atoms with van der Waals surface area (Å²) in [6.45, 7) is 3.46. The van der Waals surface area contributed by atoms with Gasteiger partial charge in [0.25, 0.3) is 0 Å². The molecule has 1 saturated carbocycles. The van der Waals surface area contributed by atoms with Gasteiger partial charge in [-0.3, -0.25) is 0 Å². The van der Waals surface area contributed by atoms with Crippen LogP contribution in [-0.4, -0.2) is 39.8 Å². The van der Waals surface area contributed by atoms with Gasteiger partial charge in [0.2, 0.25) is 0 Å². The number of benzene rings is 1. The molecule has 2 aliphatic rings. The Morgan fingerprint density at radius 1 is 1.17 bits per heavy atom. The highest BCUT2D eigenvalue weighted by Gasteiger charge is 2.37. The highest BCUT2D eigenvalue weighted by molar-refractivity contribution is 5.73. The second kappa shape index (κ2) is 4.81. The van der Waals surface area contributed by atoms with Crippen LogP contribution < -0.4 is 15.1 Å². The minimum absolute atomic E-state index is 0.743. The van der Waals surface area contributed by atoms with Gasteiger partial charge >= 0.3 is 0 Å². The molecule has 0 amide bonds. The van der Waals surface area contributed by atoms with Gasteiger partial charge in [-0.25, -0.2) is 0 Å². The number of fused-ring (bicyclic) bond motifs is 1. The summed E-state index contributed by atoms with van der Waals surface area (Å²) in [6, 6.07) is 9.57. The predicted octanol–water partition coefficient (Wildman–Crippen LogP) is 1.94. The third-order valence-corrected chi connectivity index (χ3v) is 4.52. The van der Waals surface area contributed by atoms with E-state index in [9.17, 15) is 0 Å². The Hall–Kier alpha value is -1.22. The van der Waals surface area contributed by atoms with Crippen molar-refractivity contribution in [3.8, 4) is 0 Å². The first-order valence-corrected chi connectivity index (χ1v) is 7.02. The van der Waals surface area contributed by atoms with Crippen LogP contribution in [0.5, 0.6) is 0 Å². The molecule has 3 nitrogen and oxygen atoms in total. The van der Waals surface area contributed by atoms with Crippen molar-refractivity contribution in [2.75, 3.05) is 43.5 Å². The lowest BCUT2D eigenvalue weighted by Crippen LogP contribution is -2.54. The number of anilines is 2. The lowest BCUT2D eigenvalue weighted by molar-refractivity contribution is 0.237. The molecule has 2 atom stereocenters. The number of para-hydroxylation sites is 2. The van der Waals surface area contributed by atoms with Crippen LogP contribution in [0.3, 0.4) is 0 Å². The molecule has 1 N–H and O–H groups in total. The number of nitrogens with one attached hydrogen (secondary N) is 1.